The Labute approximate surface area is 192 Å². The summed E-state index contributed by atoms with van der Waals surface area (Å²) < 4.78 is 33.3. The van der Waals surface area contributed by atoms with Crippen LogP contribution in [0.4, 0.5) is 14.5 Å². The highest BCUT2D eigenvalue weighted by atomic mass is 79.9. The van der Waals surface area contributed by atoms with Gasteiger partial charge in [0, 0.05) is 16.2 Å². The van der Waals surface area contributed by atoms with E-state index in [0.717, 1.165) is 38.1 Å². The topological polar surface area (TPSA) is 41.3 Å². The fourth-order valence-electron chi connectivity index (χ4n) is 3.88. The van der Waals surface area contributed by atoms with Crippen LogP contribution in [0.25, 0.3) is 28.1 Å². The largest absolute Gasteiger partial charge is 0.372 e. The Balaban J connectivity index is 1.57. The zero-order chi connectivity index (χ0) is 22.2. The molecule has 0 spiro atoms. The van der Waals surface area contributed by atoms with Gasteiger partial charge >= 0.3 is 0 Å². The van der Waals surface area contributed by atoms with Gasteiger partial charge in [-0.05, 0) is 76.4 Å². The Hall–Kier alpha value is -3.45. The molecule has 160 valence electrons. The lowest BCUT2D eigenvalue weighted by atomic mass is 10.0. The van der Waals surface area contributed by atoms with Gasteiger partial charge in [-0.2, -0.15) is 0 Å². The average molecular weight is 494 g/mol. The normalized spacial score (nSPS) is 13.2. The summed E-state index contributed by atoms with van der Waals surface area (Å²) in [5, 5.41) is 7.53. The van der Waals surface area contributed by atoms with Gasteiger partial charge in [0.15, 0.2) is 0 Å². The summed E-state index contributed by atoms with van der Waals surface area (Å²) >= 11 is 3.76. The standard InChI is InChI=1S/C25H18BrF2N3O/c1-15-23(25(30-32-15)17-7-11-19(28)12-8-17)22-13-29-14-31(22)21-4-2-3-20(24(21)26)16-5-9-18(27)10-6-16/h2-13,29H,14H2,1H3. The number of hydrogen-bond donors (Lipinski definition) is 1. The third kappa shape index (κ3) is 3.58. The molecule has 1 aromatic heterocycles. The predicted molar refractivity (Wildman–Crippen MR) is 125 cm³/mol. The van der Waals surface area contributed by atoms with Crippen LogP contribution >= 0.6 is 15.9 Å². The Morgan fingerprint density at radius 2 is 1.59 bits per heavy atom. The molecule has 0 saturated carbocycles. The zero-order valence-electron chi connectivity index (χ0n) is 17.1. The van der Waals surface area contributed by atoms with Gasteiger partial charge in [-0.1, -0.05) is 29.4 Å². The molecule has 32 heavy (non-hydrogen) atoms. The van der Waals surface area contributed by atoms with E-state index in [-0.39, 0.29) is 11.6 Å². The Morgan fingerprint density at radius 1 is 0.938 bits per heavy atom. The molecule has 0 radical (unpaired) electrons. The molecular weight excluding hydrogens is 476 g/mol. The van der Waals surface area contributed by atoms with Crippen molar-refractivity contribution in [3.05, 3.63) is 100 Å². The highest BCUT2D eigenvalue weighted by Crippen LogP contribution is 2.42. The fraction of sp³-hybridized carbons (Fsp3) is 0.0800. The van der Waals surface area contributed by atoms with Gasteiger partial charge in [0.1, 0.15) is 23.1 Å². The van der Waals surface area contributed by atoms with Crippen molar-refractivity contribution in [1.29, 1.82) is 0 Å². The maximum Gasteiger partial charge on any atom is 0.143 e. The summed E-state index contributed by atoms with van der Waals surface area (Å²) in [7, 11) is 0. The van der Waals surface area contributed by atoms with Crippen LogP contribution in [0.5, 0.6) is 0 Å². The molecule has 0 amide bonds. The van der Waals surface area contributed by atoms with Crippen molar-refractivity contribution in [1.82, 2.24) is 10.5 Å². The summed E-state index contributed by atoms with van der Waals surface area (Å²) in [5.74, 6) is 0.0850. The van der Waals surface area contributed by atoms with E-state index in [0.29, 0.717) is 18.1 Å². The molecule has 0 bridgehead atoms. The molecule has 4 nitrogen and oxygen atoms in total. The number of benzene rings is 3. The highest BCUT2D eigenvalue weighted by Gasteiger charge is 2.28. The Bertz CT molecular complexity index is 1310. The van der Waals surface area contributed by atoms with Gasteiger partial charge in [-0.25, -0.2) is 8.78 Å². The molecule has 1 aliphatic heterocycles. The smallest absolute Gasteiger partial charge is 0.143 e. The minimum absolute atomic E-state index is 0.272. The summed E-state index contributed by atoms with van der Waals surface area (Å²) in [5.41, 5.74) is 5.94. The first-order valence-electron chi connectivity index (χ1n) is 10.0. The van der Waals surface area contributed by atoms with Crippen molar-refractivity contribution in [2.24, 2.45) is 0 Å². The molecule has 0 aliphatic carbocycles. The summed E-state index contributed by atoms with van der Waals surface area (Å²) in [4.78, 5) is 2.11. The van der Waals surface area contributed by atoms with Gasteiger partial charge in [0.05, 0.1) is 23.6 Å². The number of nitrogens with zero attached hydrogens (tertiary/aromatic N) is 2. The molecule has 1 aliphatic rings. The van der Waals surface area contributed by atoms with Gasteiger partial charge in [-0.3, -0.25) is 0 Å². The molecular formula is C25H18BrF2N3O. The highest BCUT2D eigenvalue weighted by molar-refractivity contribution is 9.10. The molecule has 4 aromatic rings. The molecule has 0 atom stereocenters. The second kappa shape index (κ2) is 8.24. The quantitative estimate of drug-likeness (QED) is 0.342. The molecule has 3 aromatic carbocycles. The van der Waals surface area contributed by atoms with E-state index in [1.807, 2.05) is 31.3 Å². The van der Waals surface area contributed by atoms with Crippen LogP contribution in [0.1, 0.15) is 11.3 Å². The van der Waals surface area contributed by atoms with Crippen molar-refractivity contribution < 1.29 is 13.3 Å². The number of nitrogens with one attached hydrogen (secondary N) is 1. The van der Waals surface area contributed by atoms with E-state index in [1.54, 1.807) is 24.3 Å². The Morgan fingerprint density at radius 3 is 2.28 bits per heavy atom. The summed E-state index contributed by atoms with van der Waals surface area (Å²) in [6, 6.07) is 18.6. The molecule has 0 saturated heterocycles. The van der Waals surface area contributed by atoms with E-state index >= 15 is 0 Å². The number of rotatable bonds is 4. The summed E-state index contributed by atoms with van der Waals surface area (Å²) in [6.07, 6.45) is 1.92. The molecule has 0 unspecified atom stereocenters. The van der Waals surface area contributed by atoms with Gasteiger partial charge in [-0.15, -0.1) is 0 Å². The zero-order valence-corrected chi connectivity index (χ0v) is 18.7. The van der Waals surface area contributed by atoms with Crippen LogP contribution in [0, 0.1) is 18.6 Å². The van der Waals surface area contributed by atoms with E-state index in [9.17, 15) is 8.78 Å². The molecule has 5 rings (SSSR count). The molecule has 0 fully saturated rings. The molecule has 1 N–H and O–H groups in total. The lowest BCUT2D eigenvalue weighted by molar-refractivity contribution is 0.399. The monoisotopic (exact) mass is 493 g/mol. The first kappa shape index (κ1) is 20.5. The number of anilines is 1. The minimum Gasteiger partial charge on any atom is -0.372 e. The molecule has 7 heteroatoms. The van der Waals surface area contributed by atoms with Gasteiger partial charge in [0.25, 0.3) is 0 Å². The average Bonchev–Trinajstić information content (AvgIpc) is 3.41. The van der Waals surface area contributed by atoms with E-state index in [2.05, 4.69) is 31.3 Å². The minimum atomic E-state index is -0.305. The van der Waals surface area contributed by atoms with Crippen LogP contribution in [0.15, 0.2) is 81.9 Å². The van der Waals surface area contributed by atoms with Crippen LogP contribution < -0.4 is 10.2 Å². The first-order valence-corrected chi connectivity index (χ1v) is 10.8. The van der Waals surface area contributed by atoms with Crippen LogP contribution in [-0.2, 0) is 0 Å². The first-order chi connectivity index (χ1) is 15.5. The van der Waals surface area contributed by atoms with Crippen LogP contribution in [0.2, 0.25) is 0 Å². The van der Waals surface area contributed by atoms with Crippen molar-refractivity contribution in [3.63, 3.8) is 0 Å². The second-order valence-electron chi connectivity index (χ2n) is 7.43. The number of halogens is 3. The van der Waals surface area contributed by atoms with Gasteiger partial charge < -0.3 is 14.7 Å². The lowest BCUT2D eigenvalue weighted by Crippen LogP contribution is -2.23. The van der Waals surface area contributed by atoms with Crippen molar-refractivity contribution in [3.8, 4) is 22.4 Å². The third-order valence-corrected chi connectivity index (χ3v) is 6.27. The SMILES string of the molecule is Cc1onc(-c2ccc(F)cc2)c1C1=CNCN1c1cccc(-c2ccc(F)cc2)c1Br. The van der Waals surface area contributed by atoms with Crippen molar-refractivity contribution in [2.75, 3.05) is 11.6 Å². The number of aromatic nitrogens is 1. The van der Waals surface area contributed by atoms with E-state index in [1.165, 1.54) is 24.3 Å². The number of aryl methyl sites for hydroxylation is 1. The van der Waals surface area contributed by atoms with Crippen molar-refractivity contribution >= 4 is 27.3 Å². The van der Waals surface area contributed by atoms with Crippen LogP contribution in [0.3, 0.4) is 0 Å². The maximum absolute atomic E-state index is 13.4. The molecule has 2 heterocycles. The second-order valence-corrected chi connectivity index (χ2v) is 8.23. The van der Waals surface area contributed by atoms with Crippen molar-refractivity contribution in [2.45, 2.75) is 6.92 Å². The summed E-state index contributed by atoms with van der Waals surface area (Å²) in [6.45, 7) is 2.41. The maximum atomic E-state index is 13.4. The van der Waals surface area contributed by atoms with Crippen LogP contribution in [-0.4, -0.2) is 11.8 Å². The van der Waals surface area contributed by atoms with E-state index < -0.39 is 0 Å². The third-order valence-electron chi connectivity index (χ3n) is 5.44. The Kier molecular flexibility index (Phi) is 5.27. The fourth-order valence-corrected chi connectivity index (χ4v) is 4.59. The lowest BCUT2D eigenvalue weighted by Gasteiger charge is -2.24. The van der Waals surface area contributed by atoms with Gasteiger partial charge in [0.2, 0.25) is 0 Å². The number of hydrogen-bond acceptors (Lipinski definition) is 4. The predicted octanol–water partition coefficient (Wildman–Crippen LogP) is 6.72. The van der Waals surface area contributed by atoms with E-state index in [4.69, 9.17) is 4.52 Å².